The van der Waals surface area contributed by atoms with Gasteiger partial charge in [0.2, 0.25) is 0 Å². The van der Waals surface area contributed by atoms with Crippen molar-refractivity contribution in [3.8, 4) is 29.7 Å². The summed E-state index contributed by atoms with van der Waals surface area (Å²) in [5.41, 5.74) is 7.08. The Balaban J connectivity index is 1.76. The molecule has 0 amide bonds. The lowest BCUT2D eigenvalue weighted by Crippen LogP contribution is -2.42. The molecule has 7 heteroatoms. The Bertz CT molecular complexity index is 1300. The van der Waals surface area contributed by atoms with Gasteiger partial charge in [0.15, 0.2) is 16.9 Å². The van der Waals surface area contributed by atoms with E-state index in [-0.39, 0.29) is 29.6 Å². The van der Waals surface area contributed by atoms with Crippen LogP contribution in [0.2, 0.25) is 0 Å². The Labute approximate surface area is 197 Å². The van der Waals surface area contributed by atoms with Gasteiger partial charge in [-0.15, -0.1) is 0 Å². The van der Waals surface area contributed by atoms with E-state index in [9.17, 15) is 20.2 Å². The van der Waals surface area contributed by atoms with Crippen molar-refractivity contribution < 1.29 is 13.9 Å². The fraction of sp³-hybridized carbons (Fsp3) is 0.296. The summed E-state index contributed by atoms with van der Waals surface area (Å²) < 4.78 is 24.9. The topological polar surface area (TPSA) is 116 Å². The van der Waals surface area contributed by atoms with E-state index < -0.39 is 11.3 Å². The van der Waals surface area contributed by atoms with Gasteiger partial charge in [0.25, 0.3) is 0 Å². The van der Waals surface area contributed by atoms with Crippen molar-refractivity contribution >= 4 is 0 Å². The Morgan fingerprint density at radius 1 is 1.12 bits per heavy atom. The molecule has 2 atom stereocenters. The van der Waals surface area contributed by atoms with Crippen molar-refractivity contribution in [1.82, 2.24) is 0 Å². The van der Waals surface area contributed by atoms with Crippen molar-refractivity contribution in [3.63, 3.8) is 0 Å². The summed E-state index contributed by atoms with van der Waals surface area (Å²) in [6.07, 6.45) is 4.45. The first kappa shape index (κ1) is 22.9. The van der Waals surface area contributed by atoms with Crippen LogP contribution >= 0.6 is 0 Å². The zero-order valence-corrected chi connectivity index (χ0v) is 18.7. The molecule has 0 fully saturated rings. The Kier molecular flexibility index (Phi) is 6.26. The number of nitrogens with two attached hydrogens (primary N) is 1. The number of hydrogen-bond donors (Lipinski definition) is 1. The summed E-state index contributed by atoms with van der Waals surface area (Å²) in [4.78, 5) is 0. The van der Waals surface area contributed by atoms with Crippen LogP contribution in [0, 0.1) is 51.1 Å². The lowest BCUT2D eigenvalue weighted by atomic mass is 9.57. The second-order valence-corrected chi connectivity index (χ2v) is 8.44. The number of benzene rings is 2. The molecular weight excluding hydrogens is 431 g/mol. The molecule has 0 aliphatic heterocycles. The first-order valence-electron chi connectivity index (χ1n) is 11.0. The highest BCUT2D eigenvalue weighted by Crippen LogP contribution is 2.56. The van der Waals surface area contributed by atoms with Gasteiger partial charge in [-0.3, -0.25) is 0 Å². The number of hydrogen-bond acceptors (Lipinski definition) is 6. The summed E-state index contributed by atoms with van der Waals surface area (Å²) in [6.45, 7) is 0.147. The van der Waals surface area contributed by atoms with Gasteiger partial charge in [0.05, 0.1) is 30.5 Å². The normalized spacial score (nSPS) is 20.7. The Morgan fingerprint density at radius 3 is 2.59 bits per heavy atom. The summed E-state index contributed by atoms with van der Waals surface area (Å²) in [7, 11) is 1.50. The van der Waals surface area contributed by atoms with Gasteiger partial charge in [-0.25, -0.2) is 4.39 Å². The quantitative estimate of drug-likeness (QED) is 0.679. The number of nitriles is 3. The van der Waals surface area contributed by atoms with Crippen LogP contribution in [0.5, 0.6) is 11.5 Å². The van der Waals surface area contributed by atoms with Crippen molar-refractivity contribution in [1.29, 1.82) is 15.8 Å². The van der Waals surface area contributed by atoms with Gasteiger partial charge in [0, 0.05) is 5.92 Å². The molecule has 0 aromatic heterocycles. The van der Waals surface area contributed by atoms with E-state index in [2.05, 4.69) is 18.2 Å². The van der Waals surface area contributed by atoms with Crippen LogP contribution in [0.25, 0.3) is 0 Å². The number of nitrogens with zero attached hydrogens (tertiary/aromatic N) is 3. The second kappa shape index (κ2) is 9.30. The molecule has 4 rings (SSSR count). The van der Waals surface area contributed by atoms with E-state index in [1.165, 1.54) is 19.2 Å². The maximum absolute atomic E-state index is 13.5. The molecule has 0 radical (unpaired) electrons. The standard InChI is InChI=1S/C27H23FN4O2/c1-33-24-12-18(9-10-23(24)34-14-17-5-4-6-19(28)11-17)25-21-8-3-2-7-20(21)22(13-29)26(32)27(25,15-30)16-31/h4-7,9-12,21,25H,2-3,8,14,32H2,1H3/t21-,25+/m0/s1. The minimum Gasteiger partial charge on any atom is -0.493 e. The predicted molar refractivity (Wildman–Crippen MR) is 122 cm³/mol. The third-order valence-corrected chi connectivity index (χ3v) is 6.63. The van der Waals surface area contributed by atoms with Crippen LogP contribution in [0.1, 0.15) is 36.3 Å². The maximum Gasteiger partial charge on any atom is 0.191 e. The van der Waals surface area contributed by atoms with Crippen LogP contribution in [0.3, 0.4) is 0 Å². The molecule has 0 spiro atoms. The third-order valence-electron chi connectivity index (χ3n) is 6.63. The average molecular weight is 455 g/mol. The highest BCUT2D eigenvalue weighted by Gasteiger charge is 2.53. The molecule has 0 unspecified atom stereocenters. The highest BCUT2D eigenvalue weighted by molar-refractivity contribution is 5.60. The molecule has 2 aliphatic carbocycles. The largest absolute Gasteiger partial charge is 0.493 e. The van der Waals surface area contributed by atoms with Gasteiger partial charge in [-0.05, 0) is 66.1 Å². The molecule has 2 aromatic carbocycles. The van der Waals surface area contributed by atoms with E-state index >= 15 is 0 Å². The zero-order valence-electron chi connectivity index (χ0n) is 18.7. The first-order valence-corrected chi connectivity index (χ1v) is 11.0. The Morgan fingerprint density at radius 2 is 1.91 bits per heavy atom. The molecule has 0 saturated carbocycles. The van der Waals surface area contributed by atoms with E-state index in [0.717, 1.165) is 24.8 Å². The van der Waals surface area contributed by atoms with E-state index in [0.29, 0.717) is 22.6 Å². The summed E-state index contributed by atoms with van der Waals surface area (Å²) in [5.74, 6) is -0.236. The SMILES string of the molecule is COc1cc([C@@H]2[C@H]3CCCC=C3C(C#N)=C(N)C2(C#N)C#N)ccc1OCc1cccc(F)c1. The summed E-state index contributed by atoms with van der Waals surface area (Å²) >= 11 is 0. The molecule has 34 heavy (non-hydrogen) atoms. The number of ether oxygens (including phenoxy) is 2. The van der Waals surface area contributed by atoms with Crippen molar-refractivity contribution in [2.45, 2.75) is 31.8 Å². The van der Waals surface area contributed by atoms with Gasteiger partial charge in [0.1, 0.15) is 18.5 Å². The molecule has 6 nitrogen and oxygen atoms in total. The smallest absolute Gasteiger partial charge is 0.191 e. The van der Waals surface area contributed by atoms with Gasteiger partial charge >= 0.3 is 0 Å². The van der Waals surface area contributed by atoms with Crippen molar-refractivity contribution in [3.05, 3.63) is 82.3 Å². The van der Waals surface area contributed by atoms with Crippen LogP contribution in [0.4, 0.5) is 4.39 Å². The number of allylic oxidation sites excluding steroid dienone is 4. The average Bonchev–Trinajstić information content (AvgIpc) is 2.87. The van der Waals surface area contributed by atoms with Crippen molar-refractivity contribution in [2.24, 2.45) is 17.1 Å². The molecule has 170 valence electrons. The number of rotatable bonds is 5. The van der Waals surface area contributed by atoms with Crippen LogP contribution < -0.4 is 15.2 Å². The van der Waals surface area contributed by atoms with Crippen LogP contribution in [-0.2, 0) is 6.61 Å². The zero-order chi connectivity index (χ0) is 24.3. The van der Waals surface area contributed by atoms with Gasteiger partial charge in [-0.1, -0.05) is 24.3 Å². The first-order chi connectivity index (χ1) is 16.5. The fourth-order valence-electron chi connectivity index (χ4n) is 5.03. The molecular formula is C27H23FN4O2. The lowest BCUT2D eigenvalue weighted by molar-refractivity contribution is 0.281. The number of methoxy groups -OCH3 is 1. The molecule has 0 bridgehead atoms. The van der Waals surface area contributed by atoms with Crippen molar-refractivity contribution in [2.75, 3.05) is 7.11 Å². The van der Waals surface area contributed by atoms with Crippen LogP contribution in [-0.4, -0.2) is 7.11 Å². The van der Waals surface area contributed by atoms with E-state index in [1.807, 2.05) is 6.08 Å². The maximum atomic E-state index is 13.5. The summed E-state index contributed by atoms with van der Waals surface area (Å²) in [6, 6.07) is 17.8. The molecule has 2 aromatic rings. The molecule has 0 heterocycles. The third kappa shape index (κ3) is 3.74. The van der Waals surface area contributed by atoms with Crippen LogP contribution in [0.15, 0.2) is 65.4 Å². The lowest BCUT2D eigenvalue weighted by Gasteiger charge is -2.43. The molecule has 0 saturated heterocycles. The number of fused-ring (bicyclic) bond motifs is 1. The Hall–Kier alpha value is -4.28. The molecule has 2 N–H and O–H groups in total. The van der Waals surface area contributed by atoms with E-state index in [1.54, 1.807) is 30.3 Å². The minimum absolute atomic E-state index is 0.000187. The predicted octanol–water partition coefficient (Wildman–Crippen LogP) is 5.01. The highest BCUT2D eigenvalue weighted by atomic mass is 19.1. The monoisotopic (exact) mass is 454 g/mol. The van der Waals surface area contributed by atoms with Gasteiger partial charge < -0.3 is 15.2 Å². The molecule has 2 aliphatic rings. The second-order valence-electron chi connectivity index (χ2n) is 8.44. The number of halogens is 1. The fourth-order valence-corrected chi connectivity index (χ4v) is 5.03. The minimum atomic E-state index is -1.68. The van der Waals surface area contributed by atoms with Gasteiger partial charge in [-0.2, -0.15) is 15.8 Å². The summed E-state index contributed by atoms with van der Waals surface area (Å²) in [5, 5.41) is 30.1. The van der Waals surface area contributed by atoms with E-state index in [4.69, 9.17) is 15.2 Å².